The van der Waals surface area contributed by atoms with Crippen molar-refractivity contribution < 1.29 is 5.11 Å². The molecule has 2 N–H and O–H groups in total. The zero-order chi connectivity index (χ0) is 18.8. The highest BCUT2D eigenvalue weighted by atomic mass is 16.3. The zero-order valence-corrected chi connectivity index (χ0v) is 15.7. The number of aliphatic hydroxyl groups is 1. The van der Waals surface area contributed by atoms with Gasteiger partial charge in [0.1, 0.15) is 5.69 Å². The van der Waals surface area contributed by atoms with Crippen molar-refractivity contribution in [2.75, 3.05) is 0 Å². The normalized spacial score (nSPS) is 18.7. The molecule has 1 heterocycles. The number of aromatic amines is 1. The van der Waals surface area contributed by atoms with Crippen molar-refractivity contribution in [1.29, 1.82) is 0 Å². The maximum atomic E-state index is 12.2. The Bertz CT molecular complexity index is 764. The maximum absolute atomic E-state index is 12.2. The highest BCUT2D eigenvalue weighted by Gasteiger charge is 2.21. The second kappa shape index (κ2) is 10.8. The third-order valence-electron chi connectivity index (χ3n) is 4.72. The molecule has 0 spiro atoms. The van der Waals surface area contributed by atoms with Crippen LogP contribution in [-0.4, -0.2) is 20.8 Å². The lowest BCUT2D eigenvalue weighted by atomic mass is 10.1. The fourth-order valence-corrected chi connectivity index (χ4v) is 3.28. The van der Waals surface area contributed by atoms with E-state index in [0.29, 0.717) is 12.1 Å². The van der Waals surface area contributed by atoms with Gasteiger partial charge in [-0.3, -0.25) is 14.3 Å². The summed E-state index contributed by atoms with van der Waals surface area (Å²) in [6.07, 6.45) is 14.1. The topological polar surface area (TPSA) is 75.1 Å². The van der Waals surface area contributed by atoms with Crippen LogP contribution >= 0.6 is 0 Å². The first-order chi connectivity index (χ1) is 12.6. The average Bonchev–Trinajstić information content (AvgIpc) is 3.02. The van der Waals surface area contributed by atoms with Crippen LogP contribution in [0.4, 0.5) is 0 Å². The first-order valence-electron chi connectivity index (χ1n) is 9.83. The van der Waals surface area contributed by atoms with E-state index in [-0.39, 0.29) is 6.04 Å². The van der Waals surface area contributed by atoms with E-state index in [9.17, 15) is 14.7 Å². The molecular formula is C21H30N2O3. The highest BCUT2D eigenvalue weighted by molar-refractivity contribution is 5.28. The van der Waals surface area contributed by atoms with Crippen molar-refractivity contribution in [1.82, 2.24) is 9.55 Å². The van der Waals surface area contributed by atoms with Gasteiger partial charge in [-0.25, -0.2) is 4.79 Å². The molecule has 2 rings (SSSR count). The number of allylic oxidation sites excluding steroid dienone is 1. The molecule has 2 atom stereocenters. The lowest BCUT2D eigenvalue weighted by molar-refractivity contribution is 0.209. The predicted molar refractivity (Wildman–Crippen MR) is 104 cm³/mol. The Morgan fingerprint density at radius 3 is 2.46 bits per heavy atom. The number of nitrogens with zero attached hydrogens (tertiary/aromatic N) is 1. The quantitative estimate of drug-likeness (QED) is 0.404. The lowest BCUT2D eigenvalue weighted by Crippen LogP contribution is -2.33. The van der Waals surface area contributed by atoms with E-state index in [1.165, 1.54) is 55.6 Å². The summed E-state index contributed by atoms with van der Waals surface area (Å²) < 4.78 is 1.47. The molecule has 0 saturated carbocycles. The molecule has 1 aliphatic rings. The number of H-pyrrole nitrogens is 1. The number of nitrogens with one attached hydrogen (secondary N) is 1. The number of hydrogen-bond donors (Lipinski definition) is 2. The van der Waals surface area contributed by atoms with E-state index in [2.05, 4.69) is 23.7 Å². The molecule has 2 unspecified atom stereocenters. The van der Waals surface area contributed by atoms with Crippen LogP contribution in [0.15, 0.2) is 27.8 Å². The van der Waals surface area contributed by atoms with Gasteiger partial charge in [-0.2, -0.15) is 0 Å². The van der Waals surface area contributed by atoms with E-state index >= 15 is 0 Å². The van der Waals surface area contributed by atoms with Gasteiger partial charge in [-0.1, -0.05) is 69.9 Å². The number of aromatic nitrogens is 2. The van der Waals surface area contributed by atoms with Crippen LogP contribution in [-0.2, 0) is 0 Å². The average molecular weight is 358 g/mol. The van der Waals surface area contributed by atoms with Gasteiger partial charge in [-0.05, 0) is 12.3 Å². The molecule has 142 valence electrons. The van der Waals surface area contributed by atoms with Crippen molar-refractivity contribution in [3.05, 3.63) is 44.8 Å². The molecule has 1 aromatic rings. The molecule has 0 bridgehead atoms. The van der Waals surface area contributed by atoms with Crippen LogP contribution in [0.1, 0.15) is 82.9 Å². The molecule has 0 saturated heterocycles. The third kappa shape index (κ3) is 6.34. The number of hydrogen-bond acceptors (Lipinski definition) is 3. The largest absolute Gasteiger partial charge is 0.389 e. The third-order valence-corrected chi connectivity index (χ3v) is 4.72. The summed E-state index contributed by atoms with van der Waals surface area (Å²) in [6.45, 7) is 2.23. The lowest BCUT2D eigenvalue weighted by Gasteiger charge is -2.14. The van der Waals surface area contributed by atoms with Crippen LogP contribution in [0.25, 0.3) is 0 Å². The van der Waals surface area contributed by atoms with E-state index in [1.54, 1.807) is 12.2 Å². The molecule has 0 aliphatic heterocycles. The minimum atomic E-state index is -0.558. The van der Waals surface area contributed by atoms with Gasteiger partial charge in [0.2, 0.25) is 0 Å². The molecule has 5 nitrogen and oxygen atoms in total. The summed E-state index contributed by atoms with van der Waals surface area (Å²) in [4.78, 5) is 26.1. The first-order valence-corrected chi connectivity index (χ1v) is 9.83. The molecular weight excluding hydrogens is 328 g/mol. The van der Waals surface area contributed by atoms with Crippen molar-refractivity contribution in [3.8, 4) is 11.8 Å². The van der Waals surface area contributed by atoms with Gasteiger partial charge in [0.15, 0.2) is 0 Å². The second-order valence-corrected chi connectivity index (χ2v) is 6.98. The van der Waals surface area contributed by atoms with E-state index in [4.69, 9.17) is 0 Å². The van der Waals surface area contributed by atoms with Crippen LogP contribution in [0.2, 0.25) is 0 Å². The Labute approximate surface area is 155 Å². The Hall–Kier alpha value is -2.06. The van der Waals surface area contributed by atoms with Crippen LogP contribution in [0.5, 0.6) is 0 Å². The van der Waals surface area contributed by atoms with Crippen LogP contribution < -0.4 is 11.2 Å². The minimum Gasteiger partial charge on any atom is -0.389 e. The molecule has 0 amide bonds. The van der Waals surface area contributed by atoms with E-state index in [0.717, 1.165) is 12.8 Å². The molecule has 5 heteroatoms. The summed E-state index contributed by atoms with van der Waals surface area (Å²) in [5, 5.41) is 9.65. The first kappa shape index (κ1) is 20.3. The summed E-state index contributed by atoms with van der Waals surface area (Å²) >= 11 is 0. The number of rotatable bonds is 9. The fraction of sp³-hybridized carbons (Fsp3) is 0.619. The van der Waals surface area contributed by atoms with Gasteiger partial charge in [0.25, 0.3) is 5.56 Å². The highest BCUT2D eigenvalue weighted by Crippen LogP contribution is 2.22. The van der Waals surface area contributed by atoms with E-state index < -0.39 is 17.4 Å². The molecule has 0 radical (unpaired) electrons. The summed E-state index contributed by atoms with van der Waals surface area (Å²) in [7, 11) is 0. The van der Waals surface area contributed by atoms with Crippen molar-refractivity contribution in [2.45, 2.75) is 83.3 Å². The number of aliphatic hydroxyl groups excluding tert-OH is 1. The second-order valence-electron chi connectivity index (χ2n) is 6.98. The molecule has 1 aliphatic carbocycles. The molecule has 0 fully saturated rings. The number of unbranched alkanes of at least 4 members (excludes halogenated alkanes) is 8. The SMILES string of the molecule is CCCCCCCCCCC#Cc1cc(=O)[nH]c(=O)n1C1C=CC(O)C1. The summed E-state index contributed by atoms with van der Waals surface area (Å²) in [5.41, 5.74) is -0.496. The Morgan fingerprint density at radius 2 is 1.81 bits per heavy atom. The molecule has 1 aromatic heterocycles. The van der Waals surface area contributed by atoms with Crippen molar-refractivity contribution in [2.24, 2.45) is 0 Å². The van der Waals surface area contributed by atoms with E-state index in [1.807, 2.05) is 0 Å². The van der Waals surface area contributed by atoms with Gasteiger partial charge < -0.3 is 5.11 Å². The Kier molecular flexibility index (Phi) is 8.43. The van der Waals surface area contributed by atoms with Gasteiger partial charge >= 0.3 is 5.69 Å². The zero-order valence-electron chi connectivity index (χ0n) is 15.7. The van der Waals surface area contributed by atoms with Crippen molar-refractivity contribution >= 4 is 0 Å². The van der Waals surface area contributed by atoms with Crippen LogP contribution in [0, 0.1) is 11.8 Å². The maximum Gasteiger partial charge on any atom is 0.329 e. The van der Waals surface area contributed by atoms with Gasteiger partial charge in [0.05, 0.1) is 12.1 Å². The Balaban J connectivity index is 1.88. The summed E-state index contributed by atoms with van der Waals surface area (Å²) in [5.74, 6) is 6.08. The molecule has 0 aromatic carbocycles. The van der Waals surface area contributed by atoms with Gasteiger partial charge in [-0.15, -0.1) is 0 Å². The van der Waals surface area contributed by atoms with Gasteiger partial charge in [0, 0.05) is 18.9 Å². The Morgan fingerprint density at radius 1 is 1.12 bits per heavy atom. The standard InChI is InChI=1S/C21H30N2O3/c1-2-3-4-5-6-7-8-9-10-11-12-17-16-20(25)22-21(26)23(17)18-13-14-19(24)15-18/h13-14,16,18-19,24H,2-10,15H2,1H3,(H,22,25,26). The molecule has 26 heavy (non-hydrogen) atoms. The van der Waals surface area contributed by atoms with Crippen LogP contribution in [0.3, 0.4) is 0 Å². The monoisotopic (exact) mass is 358 g/mol. The van der Waals surface area contributed by atoms with Crippen molar-refractivity contribution in [3.63, 3.8) is 0 Å². The predicted octanol–water partition coefficient (Wildman–Crippen LogP) is 3.28. The smallest absolute Gasteiger partial charge is 0.329 e. The minimum absolute atomic E-state index is 0.262. The fourth-order valence-electron chi connectivity index (χ4n) is 3.28. The summed E-state index contributed by atoms with van der Waals surface area (Å²) in [6, 6.07) is 1.10.